The molecule has 80 valence electrons. The van der Waals surface area contributed by atoms with E-state index >= 15 is 0 Å². The zero-order valence-electron chi connectivity index (χ0n) is 8.58. The van der Waals surface area contributed by atoms with Crippen LogP contribution in [-0.2, 0) is 6.54 Å². The smallest absolute Gasteiger partial charge is 0.0492 e. The number of benzene rings is 1. The molecule has 0 saturated heterocycles. The quantitative estimate of drug-likeness (QED) is 0.742. The van der Waals surface area contributed by atoms with Gasteiger partial charge < -0.3 is 4.57 Å². The molecular formula is C12H13BrClN. The van der Waals surface area contributed by atoms with Gasteiger partial charge in [0, 0.05) is 34.0 Å². The predicted octanol–water partition coefficient (Wildman–Crippen LogP) is 4.28. The molecule has 0 saturated carbocycles. The van der Waals surface area contributed by atoms with Crippen molar-refractivity contribution in [3.63, 3.8) is 0 Å². The summed E-state index contributed by atoms with van der Waals surface area (Å²) >= 11 is 9.41. The number of hydrogen-bond donors (Lipinski definition) is 0. The Balaban J connectivity index is 2.43. The molecule has 0 aliphatic heterocycles. The van der Waals surface area contributed by atoms with Crippen molar-refractivity contribution < 1.29 is 0 Å². The van der Waals surface area contributed by atoms with Crippen LogP contribution in [0.15, 0.2) is 34.9 Å². The van der Waals surface area contributed by atoms with E-state index in [1.54, 1.807) is 0 Å². The first-order valence-electron chi connectivity index (χ1n) is 5.01. The molecule has 1 unspecified atom stereocenters. The molecule has 0 radical (unpaired) electrons. The van der Waals surface area contributed by atoms with Crippen molar-refractivity contribution in [2.45, 2.75) is 13.5 Å². The maximum atomic E-state index is 5.83. The third-order valence-electron chi connectivity index (χ3n) is 2.51. The summed E-state index contributed by atoms with van der Waals surface area (Å²) in [5.41, 5.74) is 1.27. The van der Waals surface area contributed by atoms with E-state index in [2.05, 4.69) is 57.9 Å². The van der Waals surface area contributed by atoms with E-state index in [0.717, 1.165) is 11.0 Å². The molecule has 1 heterocycles. The number of alkyl halides is 1. The molecule has 0 amide bonds. The van der Waals surface area contributed by atoms with E-state index in [9.17, 15) is 0 Å². The fourth-order valence-corrected chi connectivity index (χ4v) is 2.42. The van der Waals surface area contributed by atoms with Gasteiger partial charge in [-0.15, -0.1) is 11.6 Å². The average molecular weight is 287 g/mol. The van der Waals surface area contributed by atoms with Crippen LogP contribution >= 0.6 is 27.5 Å². The SMILES string of the molecule is CC(CCl)Cn1cc(Br)c2ccccc21. The van der Waals surface area contributed by atoms with Crippen LogP contribution in [0, 0.1) is 5.92 Å². The molecule has 1 nitrogen and oxygen atoms in total. The lowest BCUT2D eigenvalue weighted by atomic mass is 10.2. The Bertz CT molecular complexity index is 464. The van der Waals surface area contributed by atoms with Gasteiger partial charge in [-0.2, -0.15) is 0 Å². The second-order valence-corrected chi connectivity index (χ2v) is 5.07. The molecule has 0 N–H and O–H groups in total. The lowest BCUT2D eigenvalue weighted by Crippen LogP contribution is -2.07. The molecule has 0 spiro atoms. The van der Waals surface area contributed by atoms with E-state index in [4.69, 9.17) is 11.6 Å². The molecule has 1 aromatic heterocycles. The fraction of sp³-hybridized carbons (Fsp3) is 0.333. The first-order chi connectivity index (χ1) is 7.22. The molecule has 0 aliphatic carbocycles. The van der Waals surface area contributed by atoms with Crippen LogP contribution in [0.5, 0.6) is 0 Å². The first kappa shape index (κ1) is 11.0. The van der Waals surface area contributed by atoms with Gasteiger partial charge in [0.25, 0.3) is 0 Å². The predicted molar refractivity (Wildman–Crippen MR) is 69.5 cm³/mol. The topological polar surface area (TPSA) is 4.93 Å². The standard InChI is InChI=1S/C12H13BrClN/c1-9(6-14)7-15-8-11(13)10-4-2-3-5-12(10)15/h2-5,8-9H,6-7H2,1H3. The average Bonchev–Trinajstić information content (AvgIpc) is 2.57. The van der Waals surface area contributed by atoms with Crippen molar-refractivity contribution in [3.05, 3.63) is 34.9 Å². The van der Waals surface area contributed by atoms with Gasteiger partial charge in [0.1, 0.15) is 0 Å². The molecule has 2 aromatic rings. The van der Waals surface area contributed by atoms with Gasteiger partial charge >= 0.3 is 0 Å². The van der Waals surface area contributed by atoms with Gasteiger partial charge in [-0.3, -0.25) is 0 Å². The van der Waals surface area contributed by atoms with Crippen molar-refractivity contribution in [2.24, 2.45) is 5.92 Å². The highest BCUT2D eigenvalue weighted by atomic mass is 79.9. The molecule has 2 rings (SSSR count). The Morgan fingerprint density at radius 2 is 2.13 bits per heavy atom. The second-order valence-electron chi connectivity index (χ2n) is 3.91. The maximum absolute atomic E-state index is 5.83. The molecular weight excluding hydrogens is 273 g/mol. The van der Waals surface area contributed by atoms with Crippen molar-refractivity contribution >= 4 is 38.4 Å². The van der Waals surface area contributed by atoms with E-state index < -0.39 is 0 Å². The number of rotatable bonds is 3. The maximum Gasteiger partial charge on any atom is 0.0492 e. The molecule has 1 atom stereocenters. The van der Waals surface area contributed by atoms with E-state index in [1.165, 1.54) is 10.9 Å². The Kier molecular flexibility index (Phi) is 3.37. The molecule has 15 heavy (non-hydrogen) atoms. The molecule has 0 bridgehead atoms. The number of aromatic nitrogens is 1. The largest absolute Gasteiger partial charge is 0.346 e. The number of halogens is 2. The minimum atomic E-state index is 0.495. The first-order valence-corrected chi connectivity index (χ1v) is 6.34. The molecule has 0 fully saturated rings. The summed E-state index contributed by atoms with van der Waals surface area (Å²) in [6.45, 7) is 3.13. The monoisotopic (exact) mass is 285 g/mol. The van der Waals surface area contributed by atoms with Gasteiger partial charge in [0.05, 0.1) is 0 Å². The second kappa shape index (κ2) is 4.58. The van der Waals surface area contributed by atoms with Gasteiger partial charge in [-0.05, 0) is 27.9 Å². The van der Waals surface area contributed by atoms with Gasteiger partial charge in [-0.1, -0.05) is 25.1 Å². The normalized spacial score (nSPS) is 13.3. The zero-order valence-corrected chi connectivity index (χ0v) is 10.9. The number of para-hydroxylation sites is 1. The summed E-state index contributed by atoms with van der Waals surface area (Å²) in [6, 6.07) is 8.39. The van der Waals surface area contributed by atoms with Crippen LogP contribution in [0.4, 0.5) is 0 Å². The molecule has 0 aliphatic rings. The summed E-state index contributed by atoms with van der Waals surface area (Å²) in [5.74, 6) is 1.19. The Hall–Kier alpha value is -0.470. The number of hydrogen-bond acceptors (Lipinski definition) is 0. The number of nitrogens with zero attached hydrogens (tertiary/aromatic N) is 1. The third kappa shape index (κ3) is 2.21. The highest BCUT2D eigenvalue weighted by molar-refractivity contribution is 9.10. The fourth-order valence-electron chi connectivity index (χ4n) is 1.74. The minimum absolute atomic E-state index is 0.495. The van der Waals surface area contributed by atoms with Crippen molar-refractivity contribution in [1.29, 1.82) is 0 Å². The van der Waals surface area contributed by atoms with Crippen LogP contribution in [0.3, 0.4) is 0 Å². The summed E-state index contributed by atoms with van der Waals surface area (Å²) in [7, 11) is 0. The van der Waals surface area contributed by atoms with Crippen molar-refractivity contribution in [3.8, 4) is 0 Å². The summed E-state index contributed by atoms with van der Waals surface area (Å²) in [5, 5.41) is 1.26. The lowest BCUT2D eigenvalue weighted by Gasteiger charge is -2.09. The van der Waals surface area contributed by atoms with Crippen molar-refractivity contribution in [1.82, 2.24) is 4.57 Å². The Morgan fingerprint density at radius 1 is 1.40 bits per heavy atom. The van der Waals surface area contributed by atoms with E-state index in [0.29, 0.717) is 11.8 Å². The van der Waals surface area contributed by atoms with Crippen LogP contribution < -0.4 is 0 Å². The van der Waals surface area contributed by atoms with Gasteiger partial charge in [-0.25, -0.2) is 0 Å². The zero-order chi connectivity index (χ0) is 10.8. The van der Waals surface area contributed by atoms with Crippen LogP contribution in [0.1, 0.15) is 6.92 Å². The summed E-state index contributed by atoms with van der Waals surface area (Å²) in [4.78, 5) is 0. The number of fused-ring (bicyclic) bond motifs is 1. The van der Waals surface area contributed by atoms with Gasteiger partial charge in [0.15, 0.2) is 0 Å². The Labute approximate surface area is 103 Å². The van der Waals surface area contributed by atoms with E-state index in [-0.39, 0.29) is 0 Å². The van der Waals surface area contributed by atoms with Crippen LogP contribution in [-0.4, -0.2) is 10.4 Å². The summed E-state index contributed by atoms with van der Waals surface area (Å²) < 4.78 is 3.41. The highest BCUT2D eigenvalue weighted by Crippen LogP contribution is 2.26. The highest BCUT2D eigenvalue weighted by Gasteiger charge is 2.08. The van der Waals surface area contributed by atoms with E-state index in [1.807, 2.05) is 0 Å². The molecule has 3 heteroatoms. The van der Waals surface area contributed by atoms with Gasteiger partial charge in [0.2, 0.25) is 0 Å². The minimum Gasteiger partial charge on any atom is -0.346 e. The van der Waals surface area contributed by atoms with Crippen LogP contribution in [0.25, 0.3) is 10.9 Å². The Morgan fingerprint density at radius 3 is 2.87 bits per heavy atom. The summed E-state index contributed by atoms with van der Waals surface area (Å²) in [6.07, 6.45) is 2.13. The third-order valence-corrected chi connectivity index (χ3v) is 3.67. The van der Waals surface area contributed by atoms with Crippen molar-refractivity contribution in [2.75, 3.05) is 5.88 Å². The molecule has 1 aromatic carbocycles. The van der Waals surface area contributed by atoms with Crippen LogP contribution in [0.2, 0.25) is 0 Å². The lowest BCUT2D eigenvalue weighted by molar-refractivity contribution is 0.540.